The monoisotopic (exact) mass is 390 g/mol. The molecule has 0 bridgehead atoms. The summed E-state index contributed by atoms with van der Waals surface area (Å²) in [5, 5.41) is -1.94. The Morgan fingerprint density at radius 2 is 1.44 bits per heavy atom. The average molecular weight is 390 g/mol. The zero-order chi connectivity index (χ0) is 18.8. The fraction of sp³-hybridized carbons (Fsp3) is 0.875. The number of esters is 2. The Morgan fingerprint density at radius 1 is 1.00 bits per heavy atom. The maximum absolute atomic E-state index is 11.9. The van der Waals surface area contributed by atoms with E-state index in [2.05, 4.69) is 0 Å². The largest absolute Gasteiger partial charge is 1.00 e. The normalized spacial score (nSPS) is 14.8. The van der Waals surface area contributed by atoms with Crippen LogP contribution in [0.1, 0.15) is 61.2 Å². The maximum atomic E-state index is 11.9. The van der Waals surface area contributed by atoms with Crippen LogP contribution in [0.15, 0.2) is 0 Å². The van der Waals surface area contributed by atoms with Crippen LogP contribution in [0.2, 0.25) is 0 Å². The molecule has 3 unspecified atom stereocenters. The third kappa shape index (κ3) is 12.8. The van der Waals surface area contributed by atoms with Gasteiger partial charge in [0.1, 0.15) is 0 Å². The Balaban J connectivity index is -0.00000264. The van der Waals surface area contributed by atoms with Crippen molar-refractivity contribution in [1.82, 2.24) is 0 Å². The van der Waals surface area contributed by atoms with Crippen LogP contribution in [-0.4, -0.2) is 43.4 Å². The molecular weight excluding hydrogens is 359 g/mol. The molecule has 144 valence electrons. The van der Waals surface area contributed by atoms with E-state index in [1.807, 2.05) is 27.7 Å². The Bertz CT molecular complexity index is 499. The molecule has 0 aromatic heterocycles. The summed E-state index contributed by atoms with van der Waals surface area (Å²) in [6, 6.07) is 0. The number of carbonyl (C=O) groups excluding carboxylic acids is 2. The molecule has 3 atom stereocenters. The summed E-state index contributed by atoms with van der Waals surface area (Å²) in [5.41, 5.74) is 0. The quantitative estimate of drug-likeness (QED) is 0.277. The zero-order valence-electron chi connectivity index (χ0n) is 17.0. The van der Waals surface area contributed by atoms with Crippen LogP contribution in [0.3, 0.4) is 0 Å². The molecule has 0 spiro atoms. The molecule has 0 radical (unpaired) electrons. The van der Waals surface area contributed by atoms with Gasteiger partial charge in [0.2, 0.25) is 0 Å². The van der Waals surface area contributed by atoms with Gasteiger partial charge in [0.25, 0.3) is 10.1 Å². The molecule has 0 amide bonds. The van der Waals surface area contributed by atoms with Crippen LogP contribution in [0, 0.1) is 11.8 Å². The summed E-state index contributed by atoms with van der Waals surface area (Å²) in [5.74, 6) is -1.76. The minimum absolute atomic E-state index is 0. The minimum atomic E-state index is -4.74. The number of hydrogen-bond acceptors (Lipinski definition) is 6. The molecule has 0 rings (SSSR count). The Morgan fingerprint density at radius 3 is 1.84 bits per heavy atom. The van der Waals surface area contributed by atoms with Gasteiger partial charge in [-0.05, 0) is 24.7 Å². The maximum Gasteiger partial charge on any atom is 1.00 e. The van der Waals surface area contributed by atoms with Crippen molar-refractivity contribution < 1.29 is 63.0 Å². The van der Waals surface area contributed by atoms with Gasteiger partial charge < -0.3 is 10.9 Å². The van der Waals surface area contributed by atoms with Crippen molar-refractivity contribution >= 4 is 22.1 Å². The van der Waals surface area contributed by atoms with Crippen molar-refractivity contribution in [3.05, 3.63) is 0 Å². The van der Waals surface area contributed by atoms with E-state index in [1.165, 1.54) is 0 Å². The van der Waals surface area contributed by atoms with Crippen LogP contribution < -0.4 is 29.6 Å². The third-order valence-electron chi connectivity index (χ3n) is 3.58. The molecule has 0 aromatic carbocycles. The molecule has 0 aliphatic rings. The molecule has 0 fully saturated rings. The van der Waals surface area contributed by atoms with E-state index in [0.29, 0.717) is 0 Å². The van der Waals surface area contributed by atoms with Crippen molar-refractivity contribution in [3.63, 3.8) is 0 Å². The van der Waals surface area contributed by atoms with Crippen molar-refractivity contribution in [2.24, 2.45) is 11.8 Å². The minimum Gasteiger partial charge on any atom is -1.00 e. The summed E-state index contributed by atoms with van der Waals surface area (Å²) in [4.78, 5) is 23.7. The van der Waals surface area contributed by atoms with Gasteiger partial charge >= 0.3 is 41.5 Å². The van der Waals surface area contributed by atoms with Crippen LogP contribution in [-0.2, 0) is 29.2 Å². The second kappa shape index (κ2) is 14.0. The van der Waals surface area contributed by atoms with Crippen LogP contribution >= 0.6 is 0 Å². The summed E-state index contributed by atoms with van der Waals surface area (Å²) in [6.07, 6.45) is 2.78. The van der Waals surface area contributed by atoms with E-state index in [9.17, 15) is 22.6 Å². The molecule has 9 heteroatoms. The van der Waals surface area contributed by atoms with E-state index < -0.39 is 33.7 Å². The van der Waals surface area contributed by atoms with Gasteiger partial charge in [0.15, 0.2) is 5.25 Å². The van der Waals surface area contributed by atoms with Crippen molar-refractivity contribution in [3.8, 4) is 0 Å². The van der Waals surface area contributed by atoms with E-state index in [0.717, 1.165) is 25.7 Å². The van der Waals surface area contributed by atoms with E-state index >= 15 is 0 Å². The first-order chi connectivity index (χ1) is 11.1. The van der Waals surface area contributed by atoms with Gasteiger partial charge in [-0.25, -0.2) is 0 Å². The van der Waals surface area contributed by atoms with Crippen LogP contribution in [0.5, 0.6) is 0 Å². The van der Waals surface area contributed by atoms with Crippen molar-refractivity contribution in [1.29, 1.82) is 0 Å². The predicted octanol–water partition coefficient (Wildman–Crippen LogP) is -0.292. The Labute approximate surface area is 174 Å². The number of rotatable bonds is 12. The molecule has 0 aliphatic heterocycles. The molecule has 1 N–H and O–H groups in total. The van der Waals surface area contributed by atoms with E-state index in [-0.39, 0.29) is 56.0 Å². The number of carbonyl (C=O) groups is 2. The summed E-state index contributed by atoms with van der Waals surface area (Å²) < 4.78 is 41.8. The van der Waals surface area contributed by atoms with Gasteiger partial charge in [0, 0.05) is 0 Å². The number of hydrogen-bond donors (Lipinski definition) is 1. The molecule has 0 aliphatic carbocycles. The summed E-state index contributed by atoms with van der Waals surface area (Å²) in [6.45, 7) is 7.94. The van der Waals surface area contributed by atoms with Gasteiger partial charge in [-0.1, -0.05) is 40.5 Å². The van der Waals surface area contributed by atoms with Gasteiger partial charge in [-0.15, -0.1) is 0 Å². The molecule has 0 saturated heterocycles. The predicted molar refractivity (Wildman–Crippen MR) is 91.1 cm³/mol. The van der Waals surface area contributed by atoms with Crippen molar-refractivity contribution in [2.75, 3.05) is 13.2 Å². The topological polar surface area (TPSA) is 107 Å². The zero-order valence-corrected chi connectivity index (χ0v) is 18.8. The third-order valence-corrected chi connectivity index (χ3v) is 4.65. The molecule has 25 heavy (non-hydrogen) atoms. The van der Waals surface area contributed by atoms with Crippen LogP contribution in [0.4, 0.5) is 0 Å². The van der Waals surface area contributed by atoms with E-state index in [4.69, 9.17) is 9.47 Å². The van der Waals surface area contributed by atoms with Crippen molar-refractivity contribution in [2.45, 2.75) is 65.0 Å². The fourth-order valence-electron chi connectivity index (χ4n) is 2.23. The molecule has 0 aromatic rings. The van der Waals surface area contributed by atoms with Crippen LogP contribution in [0.25, 0.3) is 0 Å². The molecule has 7 nitrogen and oxygen atoms in total. The Hall–Kier alpha value is -0.150. The first kappa shape index (κ1) is 27.1. The SMILES string of the molecule is CCCC(C)COC(=O)CC(C(=O)OCC(C)CCC)S(=O)(=O)O.[H-].[Na+]. The summed E-state index contributed by atoms with van der Waals surface area (Å²) >= 11 is 0. The second-order valence-electron chi connectivity index (χ2n) is 6.31. The second-order valence-corrected chi connectivity index (χ2v) is 7.91. The smallest absolute Gasteiger partial charge is 1.00 e. The standard InChI is InChI=1S/C16H30O7S.Na.H/c1-5-7-12(3)10-22-15(17)9-14(24(19,20)21)16(18)23-11-13(4)8-6-2;;/h12-14H,5-11H2,1-4H3,(H,19,20,21);;/q;+1;-1. The van der Waals surface area contributed by atoms with Gasteiger partial charge in [-0.3, -0.25) is 14.1 Å². The first-order valence-corrected chi connectivity index (χ1v) is 9.90. The average Bonchev–Trinajstić information content (AvgIpc) is 2.47. The van der Waals surface area contributed by atoms with E-state index in [1.54, 1.807) is 0 Å². The number of ether oxygens (including phenoxy) is 2. The fourth-order valence-corrected chi connectivity index (χ4v) is 2.88. The Kier molecular flexibility index (Phi) is 15.1. The summed E-state index contributed by atoms with van der Waals surface area (Å²) in [7, 11) is -4.74. The molecular formula is C16H31NaO7S. The molecule has 0 saturated carbocycles. The first-order valence-electron chi connectivity index (χ1n) is 8.40. The molecule has 0 heterocycles. The van der Waals surface area contributed by atoms with Gasteiger partial charge in [0.05, 0.1) is 19.6 Å². The van der Waals surface area contributed by atoms with Gasteiger partial charge in [-0.2, -0.15) is 8.42 Å².